The molecule has 0 saturated carbocycles. The molecule has 0 aliphatic heterocycles. The van der Waals surface area contributed by atoms with Gasteiger partial charge in [-0.2, -0.15) is 0 Å². The molecule has 4 aromatic rings. The van der Waals surface area contributed by atoms with E-state index in [1.165, 1.54) is 0 Å². The molecule has 2 aromatic heterocycles. The van der Waals surface area contributed by atoms with E-state index in [4.69, 9.17) is 9.15 Å². The van der Waals surface area contributed by atoms with E-state index in [0.717, 1.165) is 16.5 Å². The number of benzene rings is 2. The third-order valence-electron chi connectivity index (χ3n) is 4.32. The monoisotopic (exact) mass is 328 g/mol. The molecular formula is C20H12N2O3. The van der Waals surface area contributed by atoms with Crippen molar-refractivity contribution in [1.29, 1.82) is 0 Å². The summed E-state index contributed by atoms with van der Waals surface area (Å²) < 4.78 is 11.6. The lowest BCUT2D eigenvalue weighted by Gasteiger charge is -2.15. The lowest BCUT2D eigenvalue weighted by molar-refractivity contribution is 0.103. The lowest BCUT2D eigenvalue weighted by atomic mass is 9.88. The summed E-state index contributed by atoms with van der Waals surface area (Å²) in [5.41, 5.74) is 2.97. The summed E-state index contributed by atoms with van der Waals surface area (Å²) in [6, 6.07) is 15.0. The summed E-state index contributed by atoms with van der Waals surface area (Å²) in [5, 5.41) is 0.867. The molecule has 0 radical (unpaired) electrons. The SMILES string of the molecule is O=C1c2ccc(Oc3ncccn3)cc2Cc2oc3ccccc3c21. The summed E-state index contributed by atoms with van der Waals surface area (Å²) in [6.07, 6.45) is 3.79. The predicted molar refractivity (Wildman–Crippen MR) is 91.0 cm³/mol. The number of para-hydroxylation sites is 1. The number of aromatic nitrogens is 2. The van der Waals surface area contributed by atoms with Crippen LogP contribution in [0.1, 0.15) is 27.2 Å². The predicted octanol–water partition coefficient (Wildman–Crippen LogP) is 4.15. The molecule has 2 aromatic carbocycles. The summed E-state index contributed by atoms with van der Waals surface area (Å²) in [7, 11) is 0. The molecule has 0 unspecified atom stereocenters. The molecule has 0 saturated heterocycles. The Kier molecular flexibility index (Phi) is 2.94. The van der Waals surface area contributed by atoms with Crippen LogP contribution in [0.15, 0.2) is 65.3 Å². The third kappa shape index (κ3) is 2.21. The molecule has 2 heterocycles. The van der Waals surface area contributed by atoms with Gasteiger partial charge in [-0.25, -0.2) is 9.97 Å². The molecule has 25 heavy (non-hydrogen) atoms. The molecule has 5 nitrogen and oxygen atoms in total. The van der Waals surface area contributed by atoms with E-state index >= 15 is 0 Å². The maximum atomic E-state index is 12.9. The number of nitrogens with zero attached hydrogens (tertiary/aromatic N) is 2. The van der Waals surface area contributed by atoms with Gasteiger partial charge in [-0.15, -0.1) is 0 Å². The highest BCUT2D eigenvalue weighted by Gasteiger charge is 2.29. The van der Waals surface area contributed by atoms with Gasteiger partial charge in [0.15, 0.2) is 5.78 Å². The van der Waals surface area contributed by atoms with Crippen LogP contribution in [0.5, 0.6) is 11.8 Å². The van der Waals surface area contributed by atoms with Crippen LogP contribution in [-0.2, 0) is 6.42 Å². The van der Waals surface area contributed by atoms with Gasteiger partial charge in [0.1, 0.15) is 17.1 Å². The molecule has 0 fully saturated rings. The Labute approximate surface area is 142 Å². The number of carbonyl (C=O) groups excluding carboxylic acids is 1. The van der Waals surface area contributed by atoms with Crippen molar-refractivity contribution in [2.45, 2.75) is 6.42 Å². The van der Waals surface area contributed by atoms with Crippen molar-refractivity contribution in [2.24, 2.45) is 0 Å². The first-order valence-electron chi connectivity index (χ1n) is 7.92. The van der Waals surface area contributed by atoms with Crippen molar-refractivity contribution in [3.05, 3.63) is 83.4 Å². The quantitative estimate of drug-likeness (QED) is 0.487. The van der Waals surface area contributed by atoms with Crippen LogP contribution in [-0.4, -0.2) is 15.8 Å². The van der Waals surface area contributed by atoms with Gasteiger partial charge in [0.2, 0.25) is 0 Å². The van der Waals surface area contributed by atoms with Crippen molar-refractivity contribution in [2.75, 3.05) is 0 Å². The molecule has 0 spiro atoms. The molecular weight excluding hydrogens is 316 g/mol. The van der Waals surface area contributed by atoms with Gasteiger partial charge in [0, 0.05) is 29.8 Å². The van der Waals surface area contributed by atoms with Gasteiger partial charge < -0.3 is 9.15 Å². The van der Waals surface area contributed by atoms with E-state index < -0.39 is 0 Å². The number of hydrogen-bond acceptors (Lipinski definition) is 5. The Morgan fingerprint density at radius 1 is 1.00 bits per heavy atom. The summed E-state index contributed by atoms with van der Waals surface area (Å²) in [4.78, 5) is 21.0. The van der Waals surface area contributed by atoms with Crippen molar-refractivity contribution >= 4 is 16.8 Å². The molecule has 0 atom stereocenters. The molecule has 0 bridgehead atoms. The Morgan fingerprint density at radius 3 is 2.72 bits per heavy atom. The summed E-state index contributed by atoms with van der Waals surface area (Å²) in [5.74, 6) is 1.29. The van der Waals surface area contributed by atoms with E-state index in [-0.39, 0.29) is 11.8 Å². The van der Waals surface area contributed by atoms with Crippen LogP contribution in [0.4, 0.5) is 0 Å². The maximum Gasteiger partial charge on any atom is 0.321 e. The highest BCUT2D eigenvalue weighted by molar-refractivity contribution is 6.18. The minimum absolute atomic E-state index is 0.0105. The third-order valence-corrected chi connectivity index (χ3v) is 4.32. The van der Waals surface area contributed by atoms with E-state index in [1.54, 1.807) is 30.6 Å². The number of hydrogen-bond donors (Lipinski definition) is 0. The topological polar surface area (TPSA) is 65.2 Å². The summed E-state index contributed by atoms with van der Waals surface area (Å²) in [6.45, 7) is 0. The maximum absolute atomic E-state index is 12.9. The molecule has 1 aliphatic rings. The van der Waals surface area contributed by atoms with Gasteiger partial charge >= 0.3 is 6.01 Å². The van der Waals surface area contributed by atoms with E-state index in [0.29, 0.717) is 29.1 Å². The smallest absolute Gasteiger partial charge is 0.321 e. The Hall–Kier alpha value is -3.47. The van der Waals surface area contributed by atoms with Crippen LogP contribution in [0.25, 0.3) is 11.0 Å². The van der Waals surface area contributed by atoms with Gasteiger partial charge in [-0.05, 0) is 35.9 Å². The molecule has 120 valence electrons. The second-order valence-corrected chi connectivity index (χ2v) is 5.85. The zero-order valence-corrected chi connectivity index (χ0v) is 13.1. The van der Waals surface area contributed by atoms with Crippen molar-refractivity contribution < 1.29 is 13.9 Å². The van der Waals surface area contributed by atoms with Crippen LogP contribution in [0.3, 0.4) is 0 Å². The Balaban J connectivity index is 1.57. The Bertz CT molecular complexity index is 1120. The first-order valence-corrected chi connectivity index (χ1v) is 7.92. The van der Waals surface area contributed by atoms with Crippen LogP contribution in [0.2, 0.25) is 0 Å². The number of ketones is 1. The van der Waals surface area contributed by atoms with Gasteiger partial charge in [0.05, 0.1) is 5.56 Å². The number of ether oxygens (including phenoxy) is 1. The molecule has 1 aliphatic carbocycles. The standard InChI is InChI=1S/C20H12N2O3/c23-19-14-7-6-13(24-20-21-8-3-9-22-20)10-12(14)11-17-18(19)15-4-1-2-5-16(15)25-17/h1-10H,11H2. The van der Waals surface area contributed by atoms with Gasteiger partial charge in [-0.1, -0.05) is 18.2 Å². The molecule has 0 amide bonds. The minimum Gasteiger partial charge on any atom is -0.460 e. The number of furan rings is 1. The highest BCUT2D eigenvalue weighted by Crippen LogP contribution is 2.36. The van der Waals surface area contributed by atoms with E-state index in [1.807, 2.05) is 30.3 Å². The number of rotatable bonds is 2. The fraction of sp³-hybridized carbons (Fsp3) is 0.0500. The lowest BCUT2D eigenvalue weighted by Crippen LogP contribution is -2.13. The number of carbonyl (C=O) groups is 1. The van der Waals surface area contributed by atoms with E-state index in [9.17, 15) is 4.79 Å². The fourth-order valence-corrected chi connectivity index (χ4v) is 3.22. The average molecular weight is 328 g/mol. The summed E-state index contributed by atoms with van der Waals surface area (Å²) >= 11 is 0. The van der Waals surface area contributed by atoms with Gasteiger partial charge in [0.25, 0.3) is 0 Å². The van der Waals surface area contributed by atoms with Crippen LogP contribution >= 0.6 is 0 Å². The van der Waals surface area contributed by atoms with E-state index in [2.05, 4.69) is 9.97 Å². The second-order valence-electron chi connectivity index (χ2n) is 5.85. The molecule has 0 N–H and O–H groups in total. The van der Waals surface area contributed by atoms with Crippen molar-refractivity contribution in [1.82, 2.24) is 9.97 Å². The van der Waals surface area contributed by atoms with Crippen LogP contribution in [0, 0.1) is 0 Å². The highest BCUT2D eigenvalue weighted by atomic mass is 16.5. The first kappa shape index (κ1) is 13.9. The molecule has 5 heteroatoms. The van der Waals surface area contributed by atoms with Crippen LogP contribution < -0.4 is 4.74 Å². The average Bonchev–Trinajstić information content (AvgIpc) is 3.01. The minimum atomic E-state index is -0.0105. The van der Waals surface area contributed by atoms with Crippen molar-refractivity contribution in [3.63, 3.8) is 0 Å². The number of fused-ring (bicyclic) bond motifs is 4. The van der Waals surface area contributed by atoms with Crippen molar-refractivity contribution in [3.8, 4) is 11.8 Å². The zero-order valence-electron chi connectivity index (χ0n) is 13.1. The second kappa shape index (κ2) is 5.27. The first-order chi connectivity index (χ1) is 12.3. The largest absolute Gasteiger partial charge is 0.460 e. The van der Waals surface area contributed by atoms with Gasteiger partial charge in [-0.3, -0.25) is 4.79 Å². The molecule has 5 rings (SSSR count). The normalized spacial score (nSPS) is 12.7. The fourth-order valence-electron chi connectivity index (χ4n) is 3.22. The zero-order chi connectivity index (χ0) is 16.8. The Morgan fingerprint density at radius 2 is 1.84 bits per heavy atom.